The average molecular weight is 194 g/mol. The van der Waals surface area contributed by atoms with Crippen molar-refractivity contribution in [1.82, 2.24) is 4.90 Å². The normalized spacial score (nSPS) is 22.9. The second-order valence-corrected chi connectivity index (χ2v) is 3.88. The van der Waals surface area contributed by atoms with Gasteiger partial charge in [0.2, 0.25) is 0 Å². The summed E-state index contributed by atoms with van der Waals surface area (Å²) in [5, 5.41) is 0. The summed E-state index contributed by atoms with van der Waals surface area (Å²) in [6.07, 6.45) is 1.02. The predicted molar refractivity (Wildman–Crippen MR) is 54.3 cm³/mol. The van der Waals surface area contributed by atoms with Crippen molar-refractivity contribution in [2.24, 2.45) is 5.73 Å². The lowest BCUT2D eigenvalue weighted by Crippen LogP contribution is -2.26. The first-order chi connectivity index (χ1) is 6.75. The van der Waals surface area contributed by atoms with Crippen LogP contribution >= 0.6 is 0 Å². The van der Waals surface area contributed by atoms with E-state index in [4.69, 9.17) is 5.73 Å². The summed E-state index contributed by atoms with van der Waals surface area (Å²) in [4.78, 5) is 2.20. The third-order valence-corrected chi connectivity index (χ3v) is 2.66. The van der Waals surface area contributed by atoms with E-state index in [-0.39, 0.29) is 11.9 Å². The van der Waals surface area contributed by atoms with Gasteiger partial charge in [0.1, 0.15) is 5.82 Å². The van der Waals surface area contributed by atoms with Crippen LogP contribution in [0.2, 0.25) is 0 Å². The molecule has 1 aliphatic rings. The van der Waals surface area contributed by atoms with Crippen LogP contribution in [0.25, 0.3) is 0 Å². The van der Waals surface area contributed by atoms with Crippen LogP contribution in [0.4, 0.5) is 4.39 Å². The number of hydrogen-bond acceptors (Lipinski definition) is 2. The van der Waals surface area contributed by atoms with Gasteiger partial charge in [-0.2, -0.15) is 0 Å². The molecule has 14 heavy (non-hydrogen) atoms. The van der Waals surface area contributed by atoms with Crippen molar-refractivity contribution >= 4 is 0 Å². The summed E-state index contributed by atoms with van der Waals surface area (Å²) >= 11 is 0. The Balaban J connectivity index is 2.01. The molecule has 1 aromatic carbocycles. The average Bonchev–Trinajstić information content (AvgIpc) is 2.56. The van der Waals surface area contributed by atoms with Gasteiger partial charge in [-0.1, -0.05) is 18.2 Å². The summed E-state index contributed by atoms with van der Waals surface area (Å²) in [5.74, 6) is -0.118. The van der Waals surface area contributed by atoms with E-state index in [0.717, 1.165) is 25.1 Å². The number of likely N-dealkylation sites (tertiary alicyclic amines) is 1. The fourth-order valence-corrected chi connectivity index (χ4v) is 1.87. The number of halogens is 1. The summed E-state index contributed by atoms with van der Waals surface area (Å²) in [5.41, 5.74) is 6.55. The second-order valence-electron chi connectivity index (χ2n) is 3.88. The fourth-order valence-electron chi connectivity index (χ4n) is 1.87. The quantitative estimate of drug-likeness (QED) is 0.770. The van der Waals surface area contributed by atoms with Gasteiger partial charge in [-0.25, -0.2) is 4.39 Å². The van der Waals surface area contributed by atoms with E-state index in [9.17, 15) is 4.39 Å². The van der Waals surface area contributed by atoms with E-state index >= 15 is 0 Å². The molecule has 1 atom stereocenters. The molecule has 1 aromatic rings. The van der Waals surface area contributed by atoms with E-state index in [1.165, 1.54) is 6.07 Å². The Labute approximate surface area is 83.5 Å². The minimum absolute atomic E-state index is 0.118. The SMILES string of the molecule is N[C@@H]1CCN(Cc2ccccc2F)C1. The van der Waals surface area contributed by atoms with Crippen molar-refractivity contribution < 1.29 is 4.39 Å². The van der Waals surface area contributed by atoms with Crippen molar-refractivity contribution in [3.05, 3.63) is 35.6 Å². The van der Waals surface area contributed by atoms with Crippen LogP contribution in [0, 0.1) is 5.82 Å². The lowest BCUT2D eigenvalue weighted by molar-refractivity contribution is 0.321. The minimum Gasteiger partial charge on any atom is -0.326 e. The maximum atomic E-state index is 13.3. The van der Waals surface area contributed by atoms with E-state index in [1.807, 2.05) is 12.1 Å². The monoisotopic (exact) mass is 194 g/mol. The van der Waals surface area contributed by atoms with Gasteiger partial charge in [0.15, 0.2) is 0 Å². The largest absolute Gasteiger partial charge is 0.326 e. The van der Waals surface area contributed by atoms with Gasteiger partial charge in [-0.05, 0) is 12.5 Å². The highest BCUT2D eigenvalue weighted by atomic mass is 19.1. The van der Waals surface area contributed by atoms with Crippen LogP contribution in [0.3, 0.4) is 0 Å². The third kappa shape index (κ3) is 2.11. The predicted octanol–water partition coefficient (Wildman–Crippen LogP) is 1.36. The molecule has 0 aliphatic carbocycles. The number of nitrogens with zero attached hydrogens (tertiary/aromatic N) is 1. The number of hydrogen-bond donors (Lipinski definition) is 1. The molecule has 0 amide bonds. The molecule has 0 aromatic heterocycles. The van der Waals surface area contributed by atoms with Crippen LogP contribution in [0.5, 0.6) is 0 Å². The Morgan fingerprint density at radius 2 is 2.21 bits per heavy atom. The molecule has 2 rings (SSSR count). The van der Waals surface area contributed by atoms with Crippen LogP contribution in [-0.4, -0.2) is 24.0 Å². The van der Waals surface area contributed by atoms with Crippen molar-refractivity contribution in [2.45, 2.75) is 19.0 Å². The Kier molecular flexibility index (Phi) is 2.79. The maximum absolute atomic E-state index is 13.3. The standard InChI is InChI=1S/C11H15FN2/c12-11-4-2-1-3-9(11)7-14-6-5-10(13)8-14/h1-4,10H,5-8,13H2/t10-/m1/s1. The smallest absolute Gasteiger partial charge is 0.127 e. The van der Waals surface area contributed by atoms with Gasteiger partial charge < -0.3 is 5.73 Å². The molecule has 1 fully saturated rings. The summed E-state index contributed by atoms with van der Waals surface area (Å²) in [6.45, 7) is 2.55. The van der Waals surface area contributed by atoms with Gasteiger partial charge in [-0.15, -0.1) is 0 Å². The Morgan fingerprint density at radius 1 is 1.43 bits per heavy atom. The first kappa shape index (κ1) is 9.62. The van der Waals surface area contributed by atoms with Crippen molar-refractivity contribution in [2.75, 3.05) is 13.1 Å². The zero-order valence-corrected chi connectivity index (χ0v) is 8.12. The summed E-state index contributed by atoms with van der Waals surface area (Å²) in [7, 11) is 0. The number of rotatable bonds is 2. The minimum atomic E-state index is -0.118. The van der Waals surface area contributed by atoms with Gasteiger partial charge in [0.25, 0.3) is 0 Å². The highest BCUT2D eigenvalue weighted by Crippen LogP contribution is 2.14. The van der Waals surface area contributed by atoms with Gasteiger partial charge in [0.05, 0.1) is 0 Å². The van der Waals surface area contributed by atoms with E-state index < -0.39 is 0 Å². The van der Waals surface area contributed by atoms with Crippen LogP contribution in [0.1, 0.15) is 12.0 Å². The molecule has 0 unspecified atom stereocenters. The van der Waals surface area contributed by atoms with Gasteiger partial charge in [0, 0.05) is 31.2 Å². The van der Waals surface area contributed by atoms with Crippen LogP contribution < -0.4 is 5.73 Å². The molecule has 76 valence electrons. The molecule has 1 heterocycles. The van der Waals surface area contributed by atoms with E-state index in [2.05, 4.69) is 4.90 Å². The van der Waals surface area contributed by atoms with Gasteiger partial charge >= 0.3 is 0 Å². The van der Waals surface area contributed by atoms with E-state index in [1.54, 1.807) is 6.07 Å². The molecule has 3 heteroatoms. The molecular weight excluding hydrogens is 179 g/mol. The Hall–Kier alpha value is -0.930. The number of nitrogens with two attached hydrogens (primary N) is 1. The molecule has 2 N–H and O–H groups in total. The maximum Gasteiger partial charge on any atom is 0.127 e. The Morgan fingerprint density at radius 3 is 2.86 bits per heavy atom. The zero-order chi connectivity index (χ0) is 9.97. The summed E-state index contributed by atoms with van der Waals surface area (Å²) < 4.78 is 13.3. The molecule has 0 spiro atoms. The van der Waals surface area contributed by atoms with Crippen molar-refractivity contribution in [1.29, 1.82) is 0 Å². The molecule has 0 bridgehead atoms. The molecule has 1 saturated heterocycles. The molecular formula is C11H15FN2. The first-order valence-corrected chi connectivity index (χ1v) is 4.97. The molecule has 0 saturated carbocycles. The summed E-state index contributed by atoms with van der Waals surface area (Å²) in [6, 6.07) is 7.19. The zero-order valence-electron chi connectivity index (χ0n) is 8.12. The Bertz CT molecular complexity index is 314. The topological polar surface area (TPSA) is 29.3 Å². The lowest BCUT2D eigenvalue weighted by atomic mass is 10.2. The van der Waals surface area contributed by atoms with Crippen LogP contribution in [0.15, 0.2) is 24.3 Å². The number of benzene rings is 1. The second kappa shape index (κ2) is 4.07. The van der Waals surface area contributed by atoms with Crippen LogP contribution in [-0.2, 0) is 6.54 Å². The van der Waals surface area contributed by atoms with Gasteiger partial charge in [-0.3, -0.25) is 4.90 Å². The van der Waals surface area contributed by atoms with Crippen molar-refractivity contribution in [3.8, 4) is 0 Å². The molecule has 2 nitrogen and oxygen atoms in total. The highest BCUT2D eigenvalue weighted by molar-refractivity contribution is 5.17. The molecule has 0 radical (unpaired) electrons. The highest BCUT2D eigenvalue weighted by Gasteiger charge is 2.19. The van der Waals surface area contributed by atoms with Crippen molar-refractivity contribution in [3.63, 3.8) is 0 Å². The molecule has 1 aliphatic heterocycles. The lowest BCUT2D eigenvalue weighted by Gasteiger charge is -2.15. The first-order valence-electron chi connectivity index (χ1n) is 4.97. The third-order valence-electron chi connectivity index (χ3n) is 2.66. The van der Waals surface area contributed by atoms with E-state index in [0.29, 0.717) is 6.54 Å². The fraction of sp³-hybridized carbons (Fsp3) is 0.455.